The topological polar surface area (TPSA) is 75.2 Å². The first kappa shape index (κ1) is 15.0. The summed E-state index contributed by atoms with van der Waals surface area (Å²) in [4.78, 5) is 17.8. The van der Waals surface area contributed by atoms with Gasteiger partial charge in [0.1, 0.15) is 0 Å². The normalized spacial score (nSPS) is 9.47. The molecule has 0 aliphatic carbocycles. The molecule has 0 saturated carbocycles. The van der Waals surface area contributed by atoms with E-state index in [4.69, 9.17) is 4.84 Å². The van der Waals surface area contributed by atoms with Crippen LogP contribution in [0.5, 0.6) is 0 Å². The summed E-state index contributed by atoms with van der Waals surface area (Å²) in [5.41, 5.74) is 0. The second-order valence-electron chi connectivity index (χ2n) is 3.67. The average molecular weight is 264 g/mol. The number of hydrogen-bond donors (Lipinski definition) is 2. The third-order valence-corrected chi connectivity index (χ3v) is 2.22. The molecule has 1 heterocycles. The Bertz CT molecular complexity index is 453. The molecule has 19 heavy (non-hydrogen) atoms. The van der Waals surface area contributed by atoms with E-state index in [2.05, 4.69) is 44.4 Å². The minimum absolute atomic E-state index is 0.433. The molecule has 0 saturated heterocycles. The zero-order valence-electron chi connectivity index (χ0n) is 11.8. The molecular formula is C12H20N6O. The van der Waals surface area contributed by atoms with Gasteiger partial charge in [0.15, 0.2) is 0 Å². The Morgan fingerprint density at radius 3 is 2.47 bits per heavy atom. The van der Waals surface area contributed by atoms with Crippen LogP contribution in [-0.2, 0) is 4.84 Å². The summed E-state index contributed by atoms with van der Waals surface area (Å²) in [6, 6.07) is 0. The highest BCUT2D eigenvalue weighted by Crippen LogP contribution is 2.12. The molecule has 0 spiro atoms. The Balaban J connectivity index is 2.90. The molecule has 0 amide bonds. The van der Waals surface area contributed by atoms with Crippen LogP contribution in [0.15, 0.2) is 0 Å². The van der Waals surface area contributed by atoms with E-state index >= 15 is 0 Å². The number of nitrogens with zero attached hydrogens (tertiary/aromatic N) is 4. The highest BCUT2D eigenvalue weighted by atomic mass is 16.7. The van der Waals surface area contributed by atoms with Crippen molar-refractivity contribution in [2.24, 2.45) is 0 Å². The van der Waals surface area contributed by atoms with Gasteiger partial charge in [-0.15, -0.1) is 5.92 Å². The van der Waals surface area contributed by atoms with E-state index in [9.17, 15) is 0 Å². The van der Waals surface area contributed by atoms with E-state index < -0.39 is 0 Å². The van der Waals surface area contributed by atoms with Crippen LogP contribution in [0.2, 0.25) is 0 Å². The third-order valence-electron chi connectivity index (χ3n) is 2.22. The van der Waals surface area contributed by atoms with Gasteiger partial charge < -0.3 is 10.6 Å². The summed E-state index contributed by atoms with van der Waals surface area (Å²) in [5, 5.41) is 7.62. The summed E-state index contributed by atoms with van der Waals surface area (Å²) in [5.74, 6) is 7.11. The molecule has 0 radical (unpaired) electrons. The Kier molecular flexibility index (Phi) is 6.39. The molecule has 1 aromatic heterocycles. The van der Waals surface area contributed by atoms with Crippen LogP contribution in [0.1, 0.15) is 20.3 Å². The molecule has 0 aromatic carbocycles. The number of aromatic nitrogens is 3. The van der Waals surface area contributed by atoms with Crippen LogP contribution in [0, 0.1) is 11.8 Å². The highest BCUT2D eigenvalue weighted by Gasteiger charge is 2.09. The fourth-order valence-corrected chi connectivity index (χ4v) is 1.19. The quantitative estimate of drug-likeness (QED) is 0.564. The summed E-state index contributed by atoms with van der Waals surface area (Å²) < 4.78 is 0. The van der Waals surface area contributed by atoms with Crippen molar-refractivity contribution in [1.29, 1.82) is 0 Å². The lowest BCUT2D eigenvalue weighted by Crippen LogP contribution is -2.20. The molecular weight excluding hydrogens is 244 g/mol. The molecule has 0 bridgehead atoms. The molecule has 0 fully saturated rings. The monoisotopic (exact) mass is 264 g/mol. The number of anilines is 3. The van der Waals surface area contributed by atoms with Gasteiger partial charge in [-0.3, -0.25) is 4.84 Å². The lowest BCUT2D eigenvalue weighted by molar-refractivity contribution is 0.180. The van der Waals surface area contributed by atoms with Crippen LogP contribution < -0.4 is 15.7 Å². The highest BCUT2D eigenvalue weighted by molar-refractivity contribution is 5.42. The van der Waals surface area contributed by atoms with Crippen molar-refractivity contribution in [1.82, 2.24) is 15.0 Å². The Morgan fingerprint density at radius 2 is 1.89 bits per heavy atom. The van der Waals surface area contributed by atoms with Gasteiger partial charge in [-0.2, -0.15) is 15.0 Å². The summed E-state index contributed by atoms with van der Waals surface area (Å²) in [7, 11) is 3.28. The standard InChI is InChI=1S/C12H20N6O/c1-5-7-9-14-11-15-10(13-8-6-2)16-12(17-11)18(3)19-4/h6,8-9H2,1-4H3,(H2,13,14,15,16,17). The first-order chi connectivity index (χ1) is 9.21. The maximum atomic E-state index is 5.07. The predicted molar refractivity (Wildman–Crippen MR) is 76.0 cm³/mol. The van der Waals surface area contributed by atoms with Gasteiger partial charge in [0, 0.05) is 13.6 Å². The lowest BCUT2D eigenvalue weighted by Gasteiger charge is -2.15. The largest absolute Gasteiger partial charge is 0.354 e. The van der Waals surface area contributed by atoms with E-state index in [0.717, 1.165) is 13.0 Å². The zero-order valence-corrected chi connectivity index (χ0v) is 11.8. The maximum Gasteiger partial charge on any atom is 0.256 e. The molecule has 0 unspecified atom stereocenters. The van der Waals surface area contributed by atoms with Crippen molar-refractivity contribution in [3.8, 4) is 11.8 Å². The van der Waals surface area contributed by atoms with Crippen LogP contribution in [-0.4, -0.2) is 42.2 Å². The van der Waals surface area contributed by atoms with E-state index in [0.29, 0.717) is 24.4 Å². The van der Waals surface area contributed by atoms with E-state index in [-0.39, 0.29) is 0 Å². The van der Waals surface area contributed by atoms with Gasteiger partial charge in [-0.05, 0) is 13.3 Å². The average Bonchev–Trinajstić information content (AvgIpc) is 2.44. The second kappa shape index (κ2) is 8.11. The third kappa shape index (κ3) is 4.97. The first-order valence-corrected chi connectivity index (χ1v) is 6.12. The van der Waals surface area contributed by atoms with Gasteiger partial charge in [-0.1, -0.05) is 12.8 Å². The second-order valence-corrected chi connectivity index (χ2v) is 3.67. The van der Waals surface area contributed by atoms with E-state index in [1.165, 1.54) is 5.06 Å². The van der Waals surface area contributed by atoms with Gasteiger partial charge in [-0.25, -0.2) is 5.06 Å². The smallest absolute Gasteiger partial charge is 0.256 e. The summed E-state index contributed by atoms with van der Waals surface area (Å²) >= 11 is 0. The molecule has 0 aliphatic heterocycles. The predicted octanol–water partition coefficient (Wildman–Crippen LogP) is 1.13. The minimum Gasteiger partial charge on any atom is -0.354 e. The number of nitrogens with one attached hydrogen (secondary N) is 2. The van der Waals surface area contributed by atoms with Crippen molar-refractivity contribution in [3.05, 3.63) is 0 Å². The van der Waals surface area contributed by atoms with Crippen LogP contribution >= 0.6 is 0 Å². The molecule has 7 heteroatoms. The van der Waals surface area contributed by atoms with Gasteiger partial charge >= 0.3 is 0 Å². The molecule has 1 aromatic rings. The summed E-state index contributed by atoms with van der Waals surface area (Å²) in [6.45, 7) is 5.15. The van der Waals surface area contributed by atoms with Crippen molar-refractivity contribution in [2.45, 2.75) is 20.3 Å². The molecule has 2 N–H and O–H groups in total. The SMILES string of the molecule is CC#CCNc1nc(NCCC)nc(N(C)OC)n1. The molecule has 7 nitrogen and oxygen atoms in total. The fourth-order valence-electron chi connectivity index (χ4n) is 1.19. The fraction of sp³-hybridized carbons (Fsp3) is 0.583. The van der Waals surface area contributed by atoms with Crippen LogP contribution in [0.25, 0.3) is 0 Å². The molecule has 0 aliphatic rings. The van der Waals surface area contributed by atoms with Crippen LogP contribution in [0.3, 0.4) is 0 Å². The van der Waals surface area contributed by atoms with Crippen molar-refractivity contribution >= 4 is 17.8 Å². The number of hydrogen-bond acceptors (Lipinski definition) is 7. The lowest BCUT2D eigenvalue weighted by atomic mass is 10.5. The first-order valence-electron chi connectivity index (χ1n) is 6.12. The van der Waals surface area contributed by atoms with E-state index in [1.54, 1.807) is 21.1 Å². The zero-order chi connectivity index (χ0) is 14.1. The van der Waals surface area contributed by atoms with E-state index in [1.807, 2.05) is 0 Å². The number of rotatable bonds is 7. The Morgan fingerprint density at radius 1 is 1.21 bits per heavy atom. The minimum atomic E-state index is 0.433. The Labute approximate surface area is 113 Å². The summed E-state index contributed by atoms with van der Waals surface area (Å²) in [6.07, 6.45) is 0.991. The van der Waals surface area contributed by atoms with Crippen molar-refractivity contribution in [3.63, 3.8) is 0 Å². The Hall–Kier alpha value is -2.07. The van der Waals surface area contributed by atoms with Gasteiger partial charge in [0.05, 0.1) is 13.7 Å². The molecule has 0 atom stereocenters. The maximum absolute atomic E-state index is 5.07. The van der Waals surface area contributed by atoms with Gasteiger partial charge in [0.25, 0.3) is 5.95 Å². The van der Waals surface area contributed by atoms with Crippen molar-refractivity contribution < 1.29 is 4.84 Å². The molecule has 104 valence electrons. The van der Waals surface area contributed by atoms with Gasteiger partial charge in [0.2, 0.25) is 11.9 Å². The van der Waals surface area contributed by atoms with Crippen LogP contribution in [0.4, 0.5) is 17.8 Å². The van der Waals surface area contributed by atoms with Crippen molar-refractivity contribution in [2.75, 3.05) is 42.9 Å². The number of hydroxylamine groups is 1. The molecule has 1 rings (SSSR count).